The van der Waals surface area contributed by atoms with Crippen molar-refractivity contribution in [2.24, 2.45) is 0 Å². The Morgan fingerprint density at radius 1 is 1.58 bits per heavy atom. The number of nitrogen functional groups attached to an aromatic ring is 1. The van der Waals surface area contributed by atoms with Crippen LogP contribution in [0.15, 0.2) is 4.52 Å². The second-order valence-electron chi connectivity index (χ2n) is 3.85. The average Bonchev–Trinajstić information content (AvgIpc) is 2.90. The molecule has 0 aliphatic carbocycles. The molecule has 0 saturated heterocycles. The van der Waals surface area contributed by atoms with Gasteiger partial charge in [-0.15, -0.1) is 11.3 Å². The molecule has 0 unspecified atom stereocenters. The van der Waals surface area contributed by atoms with Crippen LogP contribution in [0.4, 0.5) is 10.7 Å². The van der Waals surface area contributed by atoms with E-state index in [-0.39, 0.29) is 5.78 Å². The Morgan fingerprint density at radius 3 is 2.84 bits per heavy atom. The van der Waals surface area contributed by atoms with Gasteiger partial charge in [-0.1, -0.05) is 5.16 Å². The lowest BCUT2D eigenvalue weighted by Crippen LogP contribution is -2.01. The maximum atomic E-state index is 11.4. The highest BCUT2D eigenvalue weighted by molar-refractivity contribution is 7.19. The van der Waals surface area contributed by atoms with Crippen LogP contribution in [-0.4, -0.2) is 23.0 Å². The van der Waals surface area contributed by atoms with Gasteiger partial charge in [0.1, 0.15) is 5.00 Å². The average molecular weight is 282 g/mol. The Hall–Kier alpha value is -2.09. The summed E-state index contributed by atoms with van der Waals surface area (Å²) in [6, 6.07) is 0. The first-order valence-corrected chi connectivity index (χ1v) is 6.34. The molecule has 0 saturated carbocycles. The zero-order chi connectivity index (χ0) is 14.0. The number of nitrogens with two attached hydrogens (primary N) is 1. The van der Waals surface area contributed by atoms with Gasteiger partial charge in [0.05, 0.1) is 24.2 Å². The lowest BCUT2D eigenvalue weighted by molar-refractivity contribution is 0.102. The fourth-order valence-corrected chi connectivity index (χ4v) is 2.56. The number of ketones is 1. The van der Waals surface area contributed by atoms with Crippen LogP contribution >= 0.6 is 11.3 Å². The molecule has 0 aromatic carbocycles. The van der Waals surface area contributed by atoms with Crippen LogP contribution in [0.2, 0.25) is 0 Å². The zero-order valence-corrected chi connectivity index (χ0v) is 11.6. The van der Waals surface area contributed by atoms with Gasteiger partial charge in [-0.05, 0) is 0 Å². The van der Waals surface area contributed by atoms with Gasteiger partial charge in [0, 0.05) is 13.8 Å². The van der Waals surface area contributed by atoms with Gasteiger partial charge < -0.3 is 20.3 Å². The molecule has 0 radical (unpaired) electrons. The molecule has 102 valence electrons. The van der Waals surface area contributed by atoms with E-state index >= 15 is 0 Å². The minimum atomic E-state index is -0.0933. The minimum Gasteiger partial charge on any atom is -0.492 e. The Bertz CT molecular complexity index is 605. The number of thiophene rings is 1. The van der Waals surface area contributed by atoms with E-state index in [1.54, 1.807) is 6.92 Å². The van der Waals surface area contributed by atoms with Crippen molar-refractivity contribution in [3.8, 4) is 5.75 Å². The van der Waals surface area contributed by atoms with Crippen LogP contribution in [0, 0.1) is 6.92 Å². The summed E-state index contributed by atoms with van der Waals surface area (Å²) in [4.78, 5) is 16.0. The SMILES string of the molecule is COc1c(NCc2noc(C)n2)sc(C(C)=O)c1N. The second-order valence-corrected chi connectivity index (χ2v) is 4.87. The minimum absolute atomic E-state index is 0.0933. The largest absolute Gasteiger partial charge is 0.492 e. The molecule has 0 fully saturated rings. The molecule has 3 N–H and O–H groups in total. The first-order chi connectivity index (χ1) is 9.02. The summed E-state index contributed by atoms with van der Waals surface area (Å²) >= 11 is 1.25. The van der Waals surface area contributed by atoms with Gasteiger partial charge in [0.15, 0.2) is 17.4 Å². The lowest BCUT2D eigenvalue weighted by Gasteiger charge is -2.04. The summed E-state index contributed by atoms with van der Waals surface area (Å²) in [7, 11) is 1.51. The Labute approximate surface area is 113 Å². The lowest BCUT2D eigenvalue weighted by atomic mass is 10.3. The maximum Gasteiger partial charge on any atom is 0.223 e. The molecule has 0 bridgehead atoms. The van der Waals surface area contributed by atoms with Gasteiger partial charge in [-0.3, -0.25) is 4.79 Å². The fraction of sp³-hybridized carbons (Fsp3) is 0.364. The van der Waals surface area contributed by atoms with E-state index in [4.69, 9.17) is 15.0 Å². The van der Waals surface area contributed by atoms with Gasteiger partial charge in [-0.25, -0.2) is 0 Å². The van der Waals surface area contributed by atoms with Gasteiger partial charge in [0.25, 0.3) is 0 Å². The molecule has 8 heteroatoms. The van der Waals surface area contributed by atoms with Gasteiger partial charge >= 0.3 is 0 Å². The van der Waals surface area contributed by atoms with Crippen molar-refractivity contribution >= 4 is 27.8 Å². The third-order valence-corrected chi connectivity index (χ3v) is 3.65. The highest BCUT2D eigenvalue weighted by Crippen LogP contribution is 2.42. The normalized spacial score (nSPS) is 10.5. The molecule has 0 atom stereocenters. The zero-order valence-electron chi connectivity index (χ0n) is 10.8. The number of ether oxygens (including phenoxy) is 1. The van der Waals surface area contributed by atoms with E-state index in [0.29, 0.717) is 39.6 Å². The first kappa shape index (κ1) is 13.3. The number of carbonyl (C=O) groups is 1. The molecule has 0 aliphatic rings. The van der Waals surface area contributed by atoms with E-state index < -0.39 is 0 Å². The summed E-state index contributed by atoms with van der Waals surface area (Å²) in [6.07, 6.45) is 0. The topological polar surface area (TPSA) is 103 Å². The molecule has 0 amide bonds. The molecule has 0 spiro atoms. The number of aryl methyl sites for hydroxylation is 1. The molecule has 2 heterocycles. The number of hydrogen-bond acceptors (Lipinski definition) is 8. The van der Waals surface area contributed by atoms with E-state index in [1.807, 2.05) is 0 Å². The van der Waals surface area contributed by atoms with Crippen molar-refractivity contribution in [3.63, 3.8) is 0 Å². The molecule has 19 heavy (non-hydrogen) atoms. The summed E-state index contributed by atoms with van der Waals surface area (Å²) in [6.45, 7) is 3.55. The quantitative estimate of drug-likeness (QED) is 0.806. The molecule has 0 aliphatic heterocycles. The molecule has 7 nitrogen and oxygen atoms in total. The summed E-state index contributed by atoms with van der Waals surface area (Å²) < 4.78 is 10.1. The van der Waals surface area contributed by atoms with Crippen molar-refractivity contribution in [2.45, 2.75) is 20.4 Å². The second kappa shape index (κ2) is 5.27. The molecular formula is C11H14N4O3S. The maximum absolute atomic E-state index is 11.4. The third-order valence-electron chi connectivity index (χ3n) is 2.40. The number of methoxy groups -OCH3 is 1. The third kappa shape index (κ3) is 2.68. The molecule has 2 aromatic heterocycles. The van der Waals surface area contributed by atoms with Crippen LogP contribution in [0.1, 0.15) is 28.3 Å². The number of carbonyl (C=O) groups excluding carboxylic acids is 1. The number of hydrogen-bond donors (Lipinski definition) is 2. The number of Topliss-reactive ketones (excluding diaryl/α,β-unsaturated/α-hetero) is 1. The van der Waals surface area contributed by atoms with Crippen LogP contribution < -0.4 is 15.8 Å². The van der Waals surface area contributed by atoms with Crippen LogP contribution in [0.25, 0.3) is 0 Å². The monoisotopic (exact) mass is 282 g/mol. The van der Waals surface area contributed by atoms with E-state index in [2.05, 4.69) is 15.5 Å². The smallest absolute Gasteiger partial charge is 0.223 e. The van der Waals surface area contributed by atoms with Crippen molar-refractivity contribution in [2.75, 3.05) is 18.2 Å². The number of nitrogens with one attached hydrogen (secondary N) is 1. The number of aromatic nitrogens is 2. The van der Waals surface area contributed by atoms with E-state index in [1.165, 1.54) is 25.4 Å². The predicted octanol–water partition coefficient (Wildman–Crippen LogP) is 1.85. The van der Waals surface area contributed by atoms with Crippen LogP contribution in [-0.2, 0) is 6.54 Å². The highest BCUT2D eigenvalue weighted by atomic mass is 32.1. The molecular weight excluding hydrogens is 268 g/mol. The summed E-state index contributed by atoms with van der Waals surface area (Å²) in [5.41, 5.74) is 6.22. The Kier molecular flexibility index (Phi) is 3.70. The molecule has 2 aromatic rings. The first-order valence-electron chi connectivity index (χ1n) is 5.53. The summed E-state index contributed by atoms with van der Waals surface area (Å²) in [5.74, 6) is 1.40. The Morgan fingerprint density at radius 2 is 2.32 bits per heavy atom. The van der Waals surface area contributed by atoms with Crippen molar-refractivity contribution in [1.82, 2.24) is 10.1 Å². The van der Waals surface area contributed by atoms with E-state index in [9.17, 15) is 4.79 Å². The number of anilines is 2. The number of rotatable bonds is 5. The van der Waals surface area contributed by atoms with Crippen molar-refractivity contribution < 1.29 is 14.1 Å². The van der Waals surface area contributed by atoms with Crippen LogP contribution in [0.5, 0.6) is 5.75 Å². The standard InChI is InChI=1S/C11H14N4O3S/c1-5(16)10-8(12)9(17-3)11(19-10)13-4-7-14-6(2)18-15-7/h13H,4,12H2,1-3H3. The Balaban J connectivity index is 2.20. The fourth-order valence-electron chi connectivity index (χ4n) is 1.58. The highest BCUT2D eigenvalue weighted by Gasteiger charge is 2.19. The van der Waals surface area contributed by atoms with Gasteiger partial charge in [0.2, 0.25) is 5.89 Å². The number of nitrogens with zero attached hydrogens (tertiary/aromatic N) is 2. The van der Waals surface area contributed by atoms with Crippen molar-refractivity contribution in [1.29, 1.82) is 0 Å². The van der Waals surface area contributed by atoms with Crippen molar-refractivity contribution in [3.05, 3.63) is 16.6 Å². The summed E-state index contributed by atoms with van der Waals surface area (Å²) in [5, 5.41) is 7.53. The van der Waals surface area contributed by atoms with Crippen LogP contribution in [0.3, 0.4) is 0 Å². The predicted molar refractivity (Wildman–Crippen MR) is 71.6 cm³/mol. The molecule has 2 rings (SSSR count). The van der Waals surface area contributed by atoms with E-state index in [0.717, 1.165) is 0 Å². The van der Waals surface area contributed by atoms with Gasteiger partial charge in [-0.2, -0.15) is 4.98 Å².